The first-order chi connectivity index (χ1) is 9.63. The fraction of sp³-hybridized carbons (Fsp3) is 0.500. The van der Waals surface area contributed by atoms with Gasteiger partial charge in [-0.3, -0.25) is 0 Å². The number of nitrogens with zero attached hydrogens (tertiary/aromatic N) is 1. The van der Waals surface area contributed by atoms with E-state index in [-0.39, 0.29) is 5.41 Å². The molecule has 1 N–H and O–H groups in total. The largest absolute Gasteiger partial charge is 0.385 e. The number of aryl methyl sites for hydroxylation is 1. The quantitative estimate of drug-likeness (QED) is 0.875. The van der Waals surface area contributed by atoms with Crippen molar-refractivity contribution in [1.82, 2.24) is 4.98 Å². The maximum atomic E-state index is 10.3. The van der Waals surface area contributed by atoms with Crippen molar-refractivity contribution < 1.29 is 5.11 Å². The molecule has 21 heavy (non-hydrogen) atoms. The first kappa shape index (κ1) is 16.2. The van der Waals surface area contributed by atoms with Gasteiger partial charge in [0.1, 0.15) is 5.01 Å². The first-order valence-corrected chi connectivity index (χ1v) is 8.28. The fourth-order valence-corrected chi connectivity index (χ4v) is 3.47. The molecule has 0 radical (unpaired) electrons. The van der Waals surface area contributed by atoms with Crippen LogP contribution in [0.4, 0.5) is 0 Å². The Morgan fingerprint density at radius 2 is 1.62 bits per heavy atom. The van der Waals surface area contributed by atoms with Gasteiger partial charge in [-0.25, -0.2) is 4.98 Å². The van der Waals surface area contributed by atoms with E-state index in [2.05, 4.69) is 52.0 Å². The monoisotopic (exact) mass is 303 g/mol. The van der Waals surface area contributed by atoms with E-state index in [9.17, 15) is 5.11 Å². The molecule has 0 saturated heterocycles. The van der Waals surface area contributed by atoms with Crippen LogP contribution in [0.5, 0.6) is 0 Å². The molecule has 1 aromatic carbocycles. The molecule has 1 aromatic heterocycles. The van der Waals surface area contributed by atoms with E-state index in [1.54, 1.807) is 11.3 Å². The summed E-state index contributed by atoms with van der Waals surface area (Å²) >= 11 is 1.60. The highest BCUT2D eigenvalue weighted by Crippen LogP contribution is 2.35. The maximum Gasteiger partial charge on any atom is 0.123 e. The number of aromatic nitrogens is 1. The predicted molar refractivity (Wildman–Crippen MR) is 90.9 cm³/mol. The molecule has 0 fully saturated rings. The molecular weight excluding hydrogens is 278 g/mol. The summed E-state index contributed by atoms with van der Waals surface area (Å²) in [6.45, 7) is 12.4. The average molecular weight is 303 g/mol. The van der Waals surface area contributed by atoms with E-state index >= 15 is 0 Å². The van der Waals surface area contributed by atoms with Crippen LogP contribution in [-0.2, 0) is 17.4 Å². The van der Waals surface area contributed by atoms with Crippen molar-refractivity contribution >= 4 is 11.3 Å². The van der Waals surface area contributed by atoms with Gasteiger partial charge in [0.2, 0.25) is 0 Å². The second kappa shape index (κ2) is 5.54. The third-order valence-corrected chi connectivity index (χ3v) is 5.05. The van der Waals surface area contributed by atoms with Crippen LogP contribution >= 0.6 is 11.3 Å². The highest BCUT2D eigenvalue weighted by Gasteiger charge is 2.24. The lowest BCUT2D eigenvalue weighted by Crippen LogP contribution is -2.15. The smallest absolute Gasteiger partial charge is 0.123 e. The van der Waals surface area contributed by atoms with Gasteiger partial charge in [0.15, 0.2) is 0 Å². The van der Waals surface area contributed by atoms with Crippen molar-refractivity contribution in [2.24, 2.45) is 0 Å². The SMILES string of the molecule is CCc1nc(-c2ccc(C(C)(C)C)cc2)sc1C(C)(C)O. The van der Waals surface area contributed by atoms with E-state index in [4.69, 9.17) is 4.98 Å². The van der Waals surface area contributed by atoms with Crippen molar-refractivity contribution in [3.8, 4) is 10.6 Å². The second-order valence-corrected chi connectivity index (χ2v) is 8.03. The lowest BCUT2D eigenvalue weighted by molar-refractivity contribution is 0.0814. The second-order valence-electron chi connectivity index (χ2n) is 7.03. The summed E-state index contributed by atoms with van der Waals surface area (Å²) in [7, 11) is 0. The minimum atomic E-state index is -0.827. The minimum Gasteiger partial charge on any atom is -0.385 e. The van der Waals surface area contributed by atoms with Crippen LogP contribution in [0.25, 0.3) is 10.6 Å². The van der Waals surface area contributed by atoms with Gasteiger partial charge in [-0.05, 0) is 31.2 Å². The van der Waals surface area contributed by atoms with Crippen LogP contribution in [0.1, 0.15) is 57.7 Å². The van der Waals surface area contributed by atoms with Gasteiger partial charge in [0.05, 0.1) is 16.2 Å². The molecule has 0 spiro atoms. The molecule has 114 valence electrons. The zero-order valence-electron chi connectivity index (χ0n) is 13.8. The summed E-state index contributed by atoms with van der Waals surface area (Å²) < 4.78 is 0. The van der Waals surface area contributed by atoms with Crippen LogP contribution < -0.4 is 0 Å². The molecule has 2 nitrogen and oxygen atoms in total. The molecule has 2 rings (SSSR count). The summed E-state index contributed by atoms with van der Waals surface area (Å²) in [6.07, 6.45) is 0.843. The van der Waals surface area contributed by atoms with Gasteiger partial charge in [-0.15, -0.1) is 11.3 Å². The van der Waals surface area contributed by atoms with Crippen LogP contribution in [-0.4, -0.2) is 10.1 Å². The zero-order valence-corrected chi connectivity index (χ0v) is 14.6. The molecule has 2 aromatic rings. The van der Waals surface area contributed by atoms with Crippen LogP contribution in [0.2, 0.25) is 0 Å². The molecule has 1 heterocycles. The van der Waals surface area contributed by atoms with Gasteiger partial charge < -0.3 is 5.11 Å². The first-order valence-electron chi connectivity index (χ1n) is 7.46. The lowest BCUT2D eigenvalue weighted by Gasteiger charge is -2.18. The Labute approximate surface area is 131 Å². The Balaban J connectivity index is 2.41. The molecule has 0 amide bonds. The van der Waals surface area contributed by atoms with Gasteiger partial charge in [0, 0.05) is 5.56 Å². The van der Waals surface area contributed by atoms with Crippen molar-refractivity contribution in [2.75, 3.05) is 0 Å². The normalized spacial score (nSPS) is 12.7. The van der Waals surface area contributed by atoms with Crippen LogP contribution in [0.15, 0.2) is 24.3 Å². The Morgan fingerprint density at radius 3 is 2.00 bits per heavy atom. The number of benzene rings is 1. The van der Waals surface area contributed by atoms with E-state index < -0.39 is 5.60 Å². The Hall–Kier alpha value is -1.19. The van der Waals surface area contributed by atoms with E-state index in [1.165, 1.54) is 5.56 Å². The summed E-state index contributed by atoms with van der Waals surface area (Å²) in [5, 5.41) is 11.3. The fourth-order valence-electron chi connectivity index (χ4n) is 2.31. The minimum absolute atomic E-state index is 0.161. The van der Waals surface area contributed by atoms with E-state index in [0.717, 1.165) is 27.6 Å². The highest BCUT2D eigenvalue weighted by atomic mass is 32.1. The van der Waals surface area contributed by atoms with Crippen molar-refractivity contribution in [3.05, 3.63) is 40.4 Å². The van der Waals surface area contributed by atoms with Crippen molar-refractivity contribution in [3.63, 3.8) is 0 Å². The Kier molecular flexibility index (Phi) is 4.27. The molecule has 0 aliphatic rings. The van der Waals surface area contributed by atoms with E-state index in [0.29, 0.717) is 0 Å². The molecule has 0 aliphatic carbocycles. The van der Waals surface area contributed by atoms with Gasteiger partial charge in [-0.2, -0.15) is 0 Å². The van der Waals surface area contributed by atoms with Crippen LogP contribution in [0.3, 0.4) is 0 Å². The maximum absolute atomic E-state index is 10.3. The van der Waals surface area contributed by atoms with Gasteiger partial charge in [0.25, 0.3) is 0 Å². The predicted octanol–water partition coefficient (Wildman–Crippen LogP) is 4.90. The standard InChI is InChI=1S/C18H25NOS/c1-7-14-15(18(5,6)20)21-16(19-14)12-8-10-13(11-9-12)17(2,3)4/h8-11,20H,7H2,1-6H3. The molecule has 0 saturated carbocycles. The molecule has 0 atom stereocenters. The van der Waals surface area contributed by atoms with Gasteiger partial charge >= 0.3 is 0 Å². The summed E-state index contributed by atoms with van der Waals surface area (Å²) in [6, 6.07) is 8.61. The molecular formula is C18H25NOS. The topological polar surface area (TPSA) is 33.1 Å². The highest BCUT2D eigenvalue weighted by molar-refractivity contribution is 7.15. The summed E-state index contributed by atoms with van der Waals surface area (Å²) in [5.74, 6) is 0. The number of hydrogen-bond acceptors (Lipinski definition) is 3. The molecule has 0 aliphatic heterocycles. The Bertz CT molecular complexity index is 612. The van der Waals surface area contributed by atoms with Crippen LogP contribution in [0, 0.1) is 0 Å². The summed E-state index contributed by atoms with van der Waals surface area (Å²) in [4.78, 5) is 5.69. The number of hydrogen-bond donors (Lipinski definition) is 1. The van der Waals surface area contributed by atoms with Crippen molar-refractivity contribution in [1.29, 1.82) is 0 Å². The third kappa shape index (κ3) is 3.53. The summed E-state index contributed by atoms with van der Waals surface area (Å²) in [5.41, 5.74) is 2.78. The lowest BCUT2D eigenvalue weighted by atomic mass is 9.87. The number of rotatable bonds is 3. The zero-order chi connectivity index (χ0) is 15.8. The Morgan fingerprint density at radius 1 is 1.05 bits per heavy atom. The van der Waals surface area contributed by atoms with Gasteiger partial charge in [-0.1, -0.05) is 52.0 Å². The van der Waals surface area contributed by atoms with E-state index in [1.807, 2.05) is 13.8 Å². The molecule has 0 unspecified atom stereocenters. The van der Waals surface area contributed by atoms with Crippen molar-refractivity contribution in [2.45, 2.75) is 59.0 Å². The molecule has 0 bridgehead atoms. The number of thiazole rings is 1. The molecule has 3 heteroatoms. The third-order valence-electron chi connectivity index (χ3n) is 3.59. The average Bonchev–Trinajstić information content (AvgIpc) is 2.82. The number of aliphatic hydroxyl groups is 1.